The molecule has 21 heavy (non-hydrogen) atoms. The topological polar surface area (TPSA) is 29.5 Å². The number of hydrogen-bond donors (Lipinski definition) is 1. The summed E-state index contributed by atoms with van der Waals surface area (Å²) in [5.74, 6) is 0.774. The van der Waals surface area contributed by atoms with E-state index in [-0.39, 0.29) is 0 Å². The molecule has 0 amide bonds. The minimum absolute atomic E-state index is 0.774. The molecule has 0 aliphatic carbocycles. The first-order valence-electron chi connectivity index (χ1n) is 6.79. The van der Waals surface area contributed by atoms with Gasteiger partial charge in [-0.15, -0.1) is 0 Å². The normalized spacial score (nSPS) is 15.8. The highest BCUT2D eigenvalue weighted by Gasteiger charge is 2.27. The van der Waals surface area contributed by atoms with Crippen LogP contribution in [0.1, 0.15) is 0 Å². The number of rotatable bonds is 1. The monoisotopic (exact) mass is 292 g/mol. The largest absolute Gasteiger partial charge is 0.443 e. The summed E-state index contributed by atoms with van der Waals surface area (Å²) in [6, 6.07) is 24.1. The van der Waals surface area contributed by atoms with Gasteiger partial charge in [0.05, 0.1) is 5.30 Å². The van der Waals surface area contributed by atoms with E-state index in [9.17, 15) is 4.89 Å². The highest BCUT2D eigenvalue weighted by atomic mass is 31.2. The molecule has 0 saturated carbocycles. The Morgan fingerprint density at radius 2 is 1.33 bits per heavy atom. The molecule has 0 spiro atoms. The summed E-state index contributed by atoms with van der Waals surface area (Å²) < 4.78 is 5.86. The fourth-order valence-corrected chi connectivity index (χ4v) is 3.78. The molecule has 0 saturated heterocycles. The molecule has 1 N–H and O–H groups in total. The van der Waals surface area contributed by atoms with Crippen LogP contribution in [0.2, 0.25) is 0 Å². The molecule has 102 valence electrons. The predicted octanol–water partition coefficient (Wildman–Crippen LogP) is 4.34. The van der Waals surface area contributed by atoms with Gasteiger partial charge in [0.1, 0.15) is 5.75 Å². The summed E-state index contributed by atoms with van der Waals surface area (Å²) >= 11 is 0. The van der Waals surface area contributed by atoms with Gasteiger partial charge in [0, 0.05) is 11.1 Å². The zero-order chi connectivity index (χ0) is 14.2. The Hall–Kier alpha value is -2.15. The zero-order valence-electron chi connectivity index (χ0n) is 11.2. The molecule has 2 nitrogen and oxygen atoms in total. The SMILES string of the molecule is OP1Oc2c(-c3ccccc3)cccc2-c2ccccc21. The Morgan fingerprint density at radius 1 is 0.667 bits per heavy atom. The zero-order valence-corrected chi connectivity index (χ0v) is 12.1. The lowest BCUT2D eigenvalue weighted by molar-refractivity contribution is 0.499. The van der Waals surface area contributed by atoms with Crippen molar-refractivity contribution in [2.45, 2.75) is 0 Å². The fraction of sp³-hybridized carbons (Fsp3) is 0. The first kappa shape index (κ1) is 12.6. The molecular formula is C18H13O2P. The van der Waals surface area contributed by atoms with Gasteiger partial charge in [0.25, 0.3) is 8.38 Å². The molecule has 0 radical (unpaired) electrons. The highest BCUT2D eigenvalue weighted by molar-refractivity contribution is 7.56. The van der Waals surface area contributed by atoms with Crippen molar-refractivity contribution < 1.29 is 9.42 Å². The summed E-state index contributed by atoms with van der Waals surface area (Å²) in [6.45, 7) is 0. The molecule has 3 aromatic carbocycles. The molecule has 1 heterocycles. The van der Waals surface area contributed by atoms with Crippen LogP contribution in [0.4, 0.5) is 0 Å². The number of benzene rings is 3. The minimum Gasteiger partial charge on any atom is -0.443 e. The summed E-state index contributed by atoms with van der Waals surface area (Å²) in [5.41, 5.74) is 4.21. The van der Waals surface area contributed by atoms with Gasteiger partial charge in [-0.05, 0) is 17.2 Å². The van der Waals surface area contributed by atoms with E-state index < -0.39 is 8.38 Å². The minimum atomic E-state index is -1.60. The van der Waals surface area contributed by atoms with Crippen LogP contribution >= 0.6 is 8.38 Å². The van der Waals surface area contributed by atoms with Crippen molar-refractivity contribution in [3.05, 3.63) is 72.8 Å². The summed E-state index contributed by atoms with van der Waals surface area (Å²) in [5, 5.41) is 0.880. The van der Waals surface area contributed by atoms with E-state index in [1.165, 1.54) is 0 Å². The number of hydrogen-bond acceptors (Lipinski definition) is 2. The highest BCUT2D eigenvalue weighted by Crippen LogP contribution is 2.50. The van der Waals surface area contributed by atoms with Crippen LogP contribution in [0.15, 0.2) is 72.8 Å². The second kappa shape index (κ2) is 5.00. The van der Waals surface area contributed by atoms with Crippen molar-refractivity contribution in [1.82, 2.24) is 0 Å². The van der Waals surface area contributed by atoms with Crippen molar-refractivity contribution in [3.63, 3.8) is 0 Å². The first-order chi connectivity index (χ1) is 10.3. The van der Waals surface area contributed by atoms with Crippen molar-refractivity contribution >= 4 is 13.7 Å². The molecule has 0 bridgehead atoms. The van der Waals surface area contributed by atoms with Crippen LogP contribution in [-0.2, 0) is 0 Å². The van der Waals surface area contributed by atoms with E-state index >= 15 is 0 Å². The molecule has 3 heteroatoms. The summed E-state index contributed by atoms with van der Waals surface area (Å²) in [4.78, 5) is 10.3. The van der Waals surface area contributed by atoms with Gasteiger partial charge < -0.3 is 9.42 Å². The van der Waals surface area contributed by atoms with E-state index in [2.05, 4.69) is 12.1 Å². The van der Waals surface area contributed by atoms with Gasteiger partial charge in [0.2, 0.25) is 0 Å². The molecule has 1 unspecified atom stereocenters. The third-order valence-electron chi connectivity index (χ3n) is 3.68. The van der Waals surface area contributed by atoms with Gasteiger partial charge in [-0.2, -0.15) is 0 Å². The lowest BCUT2D eigenvalue weighted by atomic mass is 9.97. The summed E-state index contributed by atoms with van der Waals surface area (Å²) in [6.07, 6.45) is 0. The van der Waals surface area contributed by atoms with Crippen LogP contribution in [0.3, 0.4) is 0 Å². The third kappa shape index (κ3) is 2.04. The van der Waals surface area contributed by atoms with Gasteiger partial charge in [-0.3, -0.25) is 0 Å². The average Bonchev–Trinajstić information content (AvgIpc) is 2.56. The Bertz CT molecular complexity index is 785. The number of fused-ring (bicyclic) bond motifs is 3. The Kier molecular flexibility index (Phi) is 2.99. The molecule has 1 aliphatic heterocycles. The van der Waals surface area contributed by atoms with Crippen molar-refractivity contribution in [2.75, 3.05) is 0 Å². The van der Waals surface area contributed by atoms with Crippen LogP contribution < -0.4 is 9.83 Å². The standard InChI is InChI=1S/C18H13O2P/c19-21-17-12-5-4-9-15(17)16-11-6-10-14(18(16)20-21)13-7-2-1-3-8-13/h1-12,19H. The van der Waals surface area contributed by atoms with E-state index in [0.29, 0.717) is 0 Å². The first-order valence-corrected chi connectivity index (χ1v) is 8.00. The van der Waals surface area contributed by atoms with Gasteiger partial charge >= 0.3 is 0 Å². The Labute approximate surface area is 124 Å². The maximum absolute atomic E-state index is 10.3. The van der Waals surface area contributed by atoms with E-state index in [4.69, 9.17) is 4.52 Å². The molecule has 1 atom stereocenters. The van der Waals surface area contributed by atoms with Gasteiger partial charge in [-0.25, -0.2) is 0 Å². The van der Waals surface area contributed by atoms with Crippen molar-refractivity contribution in [1.29, 1.82) is 0 Å². The van der Waals surface area contributed by atoms with Gasteiger partial charge in [0.15, 0.2) is 0 Å². The van der Waals surface area contributed by atoms with E-state index in [0.717, 1.165) is 33.3 Å². The van der Waals surface area contributed by atoms with E-state index in [1.54, 1.807) is 0 Å². The lowest BCUT2D eigenvalue weighted by Gasteiger charge is -2.25. The molecule has 4 rings (SSSR count). The van der Waals surface area contributed by atoms with Crippen molar-refractivity contribution in [3.8, 4) is 28.0 Å². The lowest BCUT2D eigenvalue weighted by Crippen LogP contribution is -2.13. The average molecular weight is 292 g/mol. The Balaban J connectivity index is 1.97. The van der Waals surface area contributed by atoms with Gasteiger partial charge in [-0.1, -0.05) is 66.7 Å². The molecule has 3 aromatic rings. The number of para-hydroxylation sites is 1. The smallest absolute Gasteiger partial charge is 0.262 e. The third-order valence-corrected chi connectivity index (χ3v) is 4.84. The maximum Gasteiger partial charge on any atom is 0.262 e. The Morgan fingerprint density at radius 3 is 2.19 bits per heavy atom. The van der Waals surface area contributed by atoms with Crippen LogP contribution in [-0.4, -0.2) is 4.89 Å². The quantitative estimate of drug-likeness (QED) is 0.676. The molecule has 0 fully saturated rings. The van der Waals surface area contributed by atoms with Crippen LogP contribution in [0.5, 0.6) is 5.75 Å². The molecule has 1 aliphatic rings. The molecular weight excluding hydrogens is 279 g/mol. The predicted molar refractivity (Wildman–Crippen MR) is 86.7 cm³/mol. The van der Waals surface area contributed by atoms with E-state index in [1.807, 2.05) is 60.7 Å². The van der Waals surface area contributed by atoms with Crippen LogP contribution in [0, 0.1) is 0 Å². The van der Waals surface area contributed by atoms with Crippen LogP contribution in [0.25, 0.3) is 22.3 Å². The second-order valence-electron chi connectivity index (χ2n) is 4.93. The fourth-order valence-electron chi connectivity index (χ4n) is 2.70. The maximum atomic E-state index is 10.3. The molecule has 0 aromatic heterocycles. The van der Waals surface area contributed by atoms with Crippen molar-refractivity contribution in [2.24, 2.45) is 0 Å². The summed E-state index contributed by atoms with van der Waals surface area (Å²) in [7, 11) is -1.60. The second-order valence-corrected chi connectivity index (χ2v) is 6.14.